The number of carbonyl (C=O) groups is 1. The molecule has 1 N–H and O–H groups in total. The Labute approximate surface area is 71.1 Å². The Morgan fingerprint density at radius 1 is 1.67 bits per heavy atom. The molecule has 0 aromatic carbocycles. The lowest BCUT2D eigenvalue weighted by Crippen LogP contribution is -2.42. The molecule has 0 rings (SSSR count). The Hall–Kier alpha value is -1.12. The molecule has 5 nitrogen and oxygen atoms in total. The first kappa shape index (κ1) is 10.9. The first-order valence-electron chi connectivity index (χ1n) is 3.49. The normalized spacial score (nSPS) is 15.0. The van der Waals surface area contributed by atoms with Crippen molar-refractivity contribution in [1.82, 2.24) is 5.06 Å². The number of nitriles is 1. The number of carbonyl (C=O) groups excluding carboxylic acids is 1. The van der Waals surface area contributed by atoms with Crippen molar-refractivity contribution in [1.29, 1.82) is 5.26 Å². The molecule has 0 heterocycles. The maximum atomic E-state index is 10.8. The molecule has 0 radical (unpaired) electrons. The van der Waals surface area contributed by atoms with E-state index in [4.69, 9.17) is 5.26 Å². The first-order valence-corrected chi connectivity index (χ1v) is 3.49. The van der Waals surface area contributed by atoms with E-state index < -0.39 is 18.1 Å². The zero-order valence-electron chi connectivity index (χ0n) is 7.31. The molecular weight excluding hydrogens is 160 g/mol. The fourth-order valence-electron chi connectivity index (χ4n) is 0.673. The summed E-state index contributed by atoms with van der Waals surface area (Å²) >= 11 is 0. The lowest BCUT2D eigenvalue weighted by molar-refractivity contribution is -0.175. The largest absolute Gasteiger partial charge is 0.468 e. The Morgan fingerprint density at radius 2 is 2.17 bits per heavy atom. The molecular formula is C7H12N2O3. The van der Waals surface area contributed by atoms with Crippen molar-refractivity contribution >= 4 is 5.97 Å². The Balaban J connectivity index is 4.20. The molecule has 0 spiro atoms. The SMILES string of the molecule is COC(=O)C(C)N(O)C(C)C#N. The molecule has 0 bridgehead atoms. The second-order valence-electron chi connectivity index (χ2n) is 2.38. The molecule has 0 amide bonds. The number of methoxy groups -OCH3 is 1. The highest BCUT2D eigenvalue weighted by molar-refractivity contribution is 5.74. The van der Waals surface area contributed by atoms with Gasteiger partial charge >= 0.3 is 5.97 Å². The van der Waals surface area contributed by atoms with E-state index in [0.717, 1.165) is 0 Å². The van der Waals surface area contributed by atoms with Gasteiger partial charge in [0.15, 0.2) is 0 Å². The topological polar surface area (TPSA) is 73.6 Å². The van der Waals surface area contributed by atoms with Crippen LogP contribution in [-0.4, -0.2) is 35.4 Å². The van der Waals surface area contributed by atoms with Crippen molar-refractivity contribution in [3.63, 3.8) is 0 Å². The third-order valence-electron chi connectivity index (χ3n) is 1.52. The summed E-state index contributed by atoms with van der Waals surface area (Å²) < 4.78 is 4.38. The zero-order valence-corrected chi connectivity index (χ0v) is 7.31. The maximum Gasteiger partial charge on any atom is 0.325 e. The van der Waals surface area contributed by atoms with Gasteiger partial charge in [0.05, 0.1) is 13.2 Å². The number of nitrogens with zero attached hydrogens (tertiary/aromatic N) is 2. The van der Waals surface area contributed by atoms with Gasteiger partial charge in [0.25, 0.3) is 0 Å². The quantitative estimate of drug-likeness (QED) is 0.484. The zero-order chi connectivity index (χ0) is 9.72. The van der Waals surface area contributed by atoms with Gasteiger partial charge in [0.1, 0.15) is 12.1 Å². The minimum Gasteiger partial charge on any atom is -0.468 e. The predicted molar refractivity (Wildman–Crippen MR) is 40.2 cm³/mol. The van der Waals surface area contributed by atoms with Crippen molar-refractivity contribution < 1.29 is 14.7 Å². The van der Waals surface area contributed by atoms with Crippen LogP contribution in [0.3, 0.4) is 0 Å². The van der Waals surface area contributed by atoms with Crippen LogP contribution in [0.1, 0.15) is 13.8 Å². The van der Waals surface area contributed by atoms with Crippen molar-refractivity contribution in [2.75, 3.05) is 7.11 Å². The van der Waals surface area contributed by atoms with Gasteiger partial charge in [-0.1, -0.05) is 0 Å². The third-order valence-corrected chi connectivity index (χ3v) is 1.52. The third kappa shape index (κ3) is 2.49. The van der Waals surface area contributed by atoms with E-state index >= 15 is 0 Å². The van der Waals surface area contributed by atoms with Crippen LogP contribution in [-0.2, 0) is 9.53 Å². The molecule has 0 aromatic heterocycles. The van der Waals surface area contributed by atoms with Crippen molar-refractivity contribution in [3.8, 4) is 6.07 Å². The molecule has 5 heteroatoms. The van der Waals surface area contributed by atoms with E-state index in [9.17, 15) is 10.0 Å². The summed E-state index contributed by atoms with van der Waals surface area (Å²) in [4.78, 5) is 10.8. The van der Waals surface area contributed by atoms with Crippen LogP contribution < -0.4 is 0 Å². The number of hydroxylamine groups is 2. The molecule has 0 saturated heterocycles. The van der Waals surface area contributed by atoms with Crippen LogP contribution in [0.2, 0.25) is 0 Å². The van der Waals surface area contributed by atoms with E-state index in [1.807, 2.05) is 0 Å². The molecule has 0 saturated carbocycles. The first-order chi connectivity index (χ1) is 5.54. The maximum absolute atomic E-state index is 10.8. The van der Waals surface area contributed by atoms with Gasteiger partial charge in [-0.3, -0.25) is 4.79 Å². The van der Waals surface area contributed by atoms with Gasteiger partial charge in [-0.25, -0.2) is 0 Å². The van der Waals surface area contributed by atoms with E-state index in [1.165, 1.54) is 21.0 Å². The number of hydrogen-bond donors (Lipinski definition) is 1. The van der Waals surface area contributed by atoms with Crippen LogP contribution in [0.15, 0.2) is 0 Å². The summed E-state index contributed by atoms with van der Waals surface area (Å²) in [7, 11) is 1.23. The highest BCUT2D eigenvalue weighted by Gasteiger charge is 2.24. The van der Waals surface area contributed by atoms with Gasteiger partial charge in [0.2, 0.25) is 0 Å². The summed E-state index contributed by atoms with van der Waals surface area (Å²) in [5, 5.41) is 18.3. The summed E-state index contributed by atoms with van der Waals surface area (Å²) in [5.74, 6) is -0.570. The van der Waals surface area contributed by atoms with Gasteiger partial charge in [0, 0.05) is 0 Å². The monoisotopic (exact) mass is 172 g/mol. The number of esters is 1. The fourth-order valence-corrected chi connectivity index (χ4v) is 0.673. The average Bonchev–Trinajstić information content (AvgIpc) is 2.12. The molecule has 2 atom stereocenters. The van der Waals surface area contributed by atoms with Crippen LogP contribution >= 0.6 is 0 Å². The van der Waals surface area contributed by atoms with E-state index in [1.54, 1.807) is 6.07 Å². The van der Waals surface area contributed by atoms with Crippen molar-refractivity contribution in [3.05, 3.63) is 0 Å². The van der Waals surface area contributed by atoms with E-state index in [2.05, 4.69) is 4.74 Å². The molecule has 68 valence electrons. The highest BCUT2D eigenvalue weighted by atomic mass is 16.5. The van der Waals surface area contributed by atoms with Crippen molar-refractivity contribution in [2.45, 2.75) is 25.9 Å². The summed E-state index contributed by atoms with van der Waals surface area (Å²) in [6.07, 6.45) is 0. The van der Waals surface area contributed by atoms with Crippen LogP contribution in [0.5, 0.6) is 0 Å². The molecule has 0 aliphatic heterocycles. The lowest BCUT2D eigenvalue weighted by Gasteiger charge is -2.21. The summed E-state index contributed by atoms with van der Waals surface area (Å²) in [6, 6.07) is 0.255. The second kappa shape index (κ2) is 4.70. The average molecular weight is 172 g/mol. The Bertz CT molecular complexity index is 199. The van der Waals surface area contributed by atoms with Gasteiger partial charge in [-0.2, -0.15) is 10.3 Å². The van der Waals surface area contributed by atoms with Crippen LogP contribution in [0.4, 0.5) is 0 Å². The smallest absolute Gasteiger partial charge is 0.325 e. The Kier molecular flexibility index (Phi) is 4.26. The molecule has 0 aliphatic carbocycles. The number of hydrogen-bond acceptors (Lipinski definition) is 5. The van der Waals surface area contributed by atoms with Crippen LogP contribution in [0, 0.1) is 11.3 Å². The minimum absolute atomic E-state index is 0.570. The number of rotatable bonds is 3. The van der Waals surface area contributed by atoms with Gasteiger partial charge in [-0.05, 0) is 13.8 Å². The van der Waals surface area contributed by atoms with Gasteiger partial charge < -0.3 is 9.94 Å². The lowest BCUT2D eigenvalue weighted by atomic mass is 10.2. The van der Waals surface area contributed by atoms with Crippen LogP contribution in [0.25, 0.3) is 0 Å². The van der Waals surface area contributed by atoms with E-state index in [0.29, 0.717) is 5.06 Å². The molecule has 2 unspecified atom stereocenters. The summed E-state index contributed by atoms with van der Waals surface area (Å²) in [6.45, 7) is 2.94. The standard InChI is InChI=1S/C7H12N2O3/c1-5(4-8)9(11)6(2)7(10)12-3/h5-6,11H,1-3H3. The molecule has 0 aliphatic rings. The number of ether oxygens (including phenoxy) is 1. The predicted octanol–water partition coefficient (Wildman–Crippen LogP) is 0.151. The second-order valence-corrected chi connectivity index (χ2v) is 2.38. The molecule has 0 aromatic rings. The minimum atomic E-state index is -0.815. The Morgan fingerprint density at radius 3 is 2.50 bits per heavy atom. The highest BCUT2D eigenvalue weighted by Crippen LogP contribution is 2.02. The molecule has 0 fully saturated rings. The summed E-state index contributed by atoms with van der Waals surface area (Å²) in [5.41, 5.74) is 0. The van der Waals surface area contributed by atoms with Gasteiger partial charge in [-0.15, -0.1) is 0 Å². The van der Waals surface area contributed by atoms with E-state index in [-0.39, 0.29) is 0 Å². The fraction of sp³-hybridized carbons (Fsp3) is 0.714. The van der Waals surface area contributed by atoms with Crippen molar-refractivity contribution in [2.24, 2.45) is 0 Å². The molecule has 12 heavy (non-hydrogen) atoms.